The zero-order chi connectivity index (χ0) is 8.85. The van der Waals surface area contributed by atoms with Gasteiger partial charge in [-0.25, -0.2) is 4.79 Å². The van der Waals surface area contributed by atoms with Crippen LogP contribution in [0.2, 0.25) is 0 Å². The first-order valence-electron chi connectivity index (χ1n) is 2.98. The minimum absolute atomic E-state index is 0. The van der Waals surface area contributed by atoms with Gasteiger partial charge >= 0.3 is 11.9 Å². The van der Waals surface area contributed by atoms with Gasteiger partial charge < -0.3 is 10.2 Å². The standard InChI is InChI=1S/C6H9NO4.ClH/c1-7-4(6(10)11)2-3-5(8)9;/h4H,1-3H2,(H,8,9)(H,10,11);1H/t4-;/m0./s1. The Kier molecular flexibility index (Phi) is 7.42. The van der Waals surface area contributed by atoms with Crippen molar-refractivity contribution in [1.82, 2.24) is 0 Å². The monoisotopic (exact) mass is 195 g/mol. The van der Waals surface area contributed by atoms with Gasteiger partial charge in [0.25, 0.3) is 0 Å². The normalized spacial score (nSPS) is 11.0. The van der Waals surface area contributed by atoms with Crippen molar-refractivity contribution in [1.29, 1.82) is 0 Å². The van der Waals surface area contributed by atoms with E-state index in [2.05, 4.69) is 11.7 Å². The van der Waals surface area contributed by atoms with Crippen LogP contribution in [0.3, 0.4) is 0 Å². The molecule has 5 nitrogen and oxygen atoms in total. The first-order valence-corrected chi connectivity index (χ1v) is 2.98. The van der Waals surface area contributed by atoms with Gasteiger partial charge in [-0.15, -0.1) is 12.4 Å². The van der Waals surface area contributed by atoms with Crippen LogP contribution in [0.5, 0.6) is 0 Å². The molecular formula is C6H10ClNO4. The van der Waals surface area contributed by atoms with Crippen LogP contribution in [-0.2, 0) is 9.59 Å². The number of aliphatic carboxylic acids is 2. The van der Waals surface area contributed by atoms with Crippen LogP contribution in [0, 0.1) is 0 Å². The predicted octanol–water partition coefficient (Wildman–Crippen LogP) is 0.427. The molecule has 0 saturated heterocycles. The SMILES string of the molecule is C=N[C@@H](CCC(=O)O)C(=O)O.Cl. The lowest BCUT2D eigenvalue weighted by molar-refractivity contribution is -0.139. The molecule has 0 radical (unpaired) electrons. The lowest BCUT2D eigenvalue weighted by atomic mass is 10.2. The number of hydrogen-bond acceptors (Lipinski definition) is 3. The summed E-state index contributed by atoms with van der Waals surface area (Å²) in [7, 11) is 0. The van der Waals surface area contributed by atoms with Crippen molar-refractivity contribution in [3.8, 4) is 0 Å². The van der Waals surface area contributed by atoms with Crippen molar-refractivity contribution in [3.63, 3.8) is 0 Å². The molecule has 0 fully saturated rings. The van der Waals surface area contributed by atoms with Gasteiger partial charge in [0.1, 0.15) is 6.04 Å². The smallest absolute Gasteiger partial charge is 0.328 e. The quantitative estimate of drug-likeness (QED) is 0.623. The summed E-state index contributed by atoms with van der Waals surface area (Å²) in [6.45, 7) is 3.04. The summed E-state index contributed by atoms with van der Waals surface area (Å²) in [4.78, 5) is 23.5. The average molecular weight is 196 g/mol. The minimum atomic E-state index is -1.14. The lowest BCUT2D eigenvalue weighted by Crippen LogP contribution is -2.18. The van der Waals surface area contributed by atoms with E-state index in [9.17, 15) is 9.59 Å². The summed E-state index contributed by atoms with van der Waals surface area (Å²) in [5, 5.41) is 16.5. The van der Waals surface area contributed by atoms with Crippen LogP contribution >= 0.6 is 12.4 Å². The van der Waals surface area contributed by atoms with Gasteiger partial charge in [-0.3, -0.25) is 9.79 Å². The second kappa shape index (κ2) is 6.60. The first kappa shape index (κ1) is 13.5. The van der Waals surface area contributed by atoms with Crippen molar-refractivity contribution in [2.75, 3.05) is 0 Å². The third kappa shape index (κ3) is 5.67. The summed E-state index contributed by atoms with van der Waals surface area (Å²) >= 11 is 0. The maximum absolute atomic E-state index is 10.2. The van der Waals surface area contributed by atoms with E-state index in [1.165, 1.54) is 0 Å². The largest absolute Gasteiger partial charge is 0.481 e. The van der Waals surface area contributed by atoms with Gasteiger partial charge in [0.15, 0.2) is 0 Å². The number of carbonyl (C=O) groups is 2. The maximum Gasteiger partial charge on any atom is 0.328 e. The Morgan fingerprint density at radius 3 is 2.17 bits per heavy atom. The van der Waals surface area contributed by atoms with Crippen LogP contribution < -0.4 is 0 Å². The zero-order valence-corrected chi connectivity index (χ0v) is 7.08. The zero-order valence-electron chi connectivity index (χ0n) is 6.27. The Hall–Kier alpha value is -1.10. The third-order valence-corrected chi connectivity index (χ3v) is 1.14. The first-order chi connectivity index (χ1) is 5.07. The molecule has 0 aromatic carbocycles. The number of carboxylic acids is 2. The Bertz CT molecular complexity index is 182. The van der Waals surface area contributed by atoms with E-state index in [4.69, 9.17) is 10.2 Å². The third-order valence-electron chi connectivity index (χ3n) is 1.14. The molecule has 1 atom stereocenters. The molecule has 0 aliphatic rings. The van der Waals surface area contributed by atoms with Gasteiger partial charge in [-0.1, -0.05) is 0 Å². The number of aliphatic imine (C=N–C) groups is 1. The number of halogens is 1. The van der Waals surface area contributed by atoms with Crippen molar-refractivity contribution in [2.24, 2.45) is 4.99 Å². The molecule has 0 saturated carbocycles. The van der Waals surface area contributed by atoms with Crippen molar-refractivity contribution in [2.45, 2.75) is 18.9 Å². The second-order valence-electron chi connectivity index (χ2n) is 1.97. The highest BCUT2D eigenvalue weighted by molar-refractivity contribution is 5.85. The highest BCUT2D eigenvalue weighted by Gasteiger charge is 2.15. The molecule has 0 spiro atoms. The fourth-order valence-electron chi connectivity index (χ4n) is 0.553. The Balaban J connectivity index is 0. The fraction of sp³-hybridized carbons (Fsp3) is 0.500. The molecule has 0 heterocycles. The van der Waals surface area contributed by atoms with Crippen molar-refractivity contribution >= 4 is 31.1 Å². The molecule has 0 aliphatic carbocycles. The van der Waals surface area contributed by atoms with Crippen LogP contribution in [0.15, 0.2) is 4.99 Å². The van der Waals surface area contributed by atoms with E-state index < -0.39 is 18.0 Å². The summed E-state index contributed by atoms with van der Waals surface area (Å²) in [5.41, 5.74) is 0. The average Bonchev–Trinajstić information content (AvgIpc) is 1.87. The van der Waals surface area contributed by atoms with Crippen LogP contribution in [-0.4, -0.2) is 34.9 Å². The Morgan fingerprint density at radius 1 is 1.42 bits per heavy atom. The number of hydrogen-bond donors (Lipinski definition) is 2. The van der Waals surface area contributed by atoms with Gasteiger partial charge in [0, 0.05) is 6.42 Å². The number of carboxylic acid groups (broad SMARTS) is 2. The molecule has 0 aliphatic heterocycles. The molecular weight excluding hydrogens is 186 g/mol. The molecule has 0 aromatic rings. The van der Waals surface area contributed by atoms with E-state index in [0.717, 1.165) is 0 Å². The molecule has 6 heteroatoms. The number of nitrogens with zero attached hydrogens (tertiary/aromatic N) is 1. The van der Waals surface area contributed by atoms with Crippen LogP contribution in [0.4, 0.5) is 0 Å². The Morgan fingerprint density at radius 2 is 1.92 bits per heavy atom. The van der Waals surface area contributed by atoms with E-state index in [1.807, 2.05) is 0 Å². The summed E-state index contributed by atoms with van der Waals surface area (Å²) in [5.74, 6) is -2.17. The van der Waals surface area contributed by atoms with Crippen molar-refractivity contribution in [3.05, 3.63) is 0 Å². The topological polar surface area (TPSA) is 87.0 Å². The van der Waals surface area contributed by atoms with Crippen LogP contribution in [0.25, 0.3) is 0 Å². The van der Waals surface area contributed by atoms with Crippen LogP contribution in [0.1, 0.15) is 12.8 Å². The molecule has 0 rings (SSSR count). The minimum Gasteiger partial charge on any atom is -0.481 e. The Labute approximate surface area is 75.5 Å². The fourth-order valence-corrected chi connectivity index (χ4v) is 0.553. The summed E-state index contributed by atoms with van der Waals surface area (Å²) in [6, 6.07) is -0.994. The molecule has 0 amide bonds. The summed E-state index contributed by atoms with van der Waals surface area (Å²) in [6.07, 6.45) is -0.204. The molecule has 70 valence electrons. The predicted molar refractivity (Wildman–Crippen MR) is 45.1 cm³/mol. The molecule has 0 aromatic heterocycles. The molecule has 0 unspecified atom stereocenters. The van der Waals surface area contributed by atoms with E-state index in [0.29, 0.717) is 0 Å². The molecule has 12 heavy (non-hydrogen) atoms. The highest BCUT2D eigenvalue weighted by atomic mass is 35.5. The van der Waals surface area contributed by atoms with Gasteiger partial charge in [0.05, 0.1) is 0 Å². The molecule has 2 N–H and O–H groups in total. The molecule has 0 bridgehead atoms. The van der Waals surface area contributed by atoms with E-state index in [-0.39, 0.29) is 25.2 Å². The van der Waals surface area contributed by atoms with Gasteiger partial charge in [-0.05, 0) is 13.1 Å². The maximum atomic E-state index is 10.2. The van der Waals surface area contributed by atoms with Gasteiger partial charge in [0.2, 0.25) is 0 Å². The van der Waals surface area contributed by atoms with Gasteiger partial charge in [-0.2, -0.15) is 0 Å². The van der Waals surface area contributed by atoms with Crippen molar-refractivity contribution < 1.29 is 19.8 Å². The number of rotatable bonds is 5. The lowest BCUT2D eigenvalue weighted by Gasteiger charge is -2.02. The van der Waals surface area contributed by atoms with E-state index in [1.54, 1.807) is 0 Å². The van der Waals surface area contributed by atoms with E-state index >= 15 is 0 Å². The second-order valence-corrected chi connectivity index (χ2v) is 1.97. The highest BCUT2D eigenvalue weighted by Crippen LogP contribution is 2.00. The summed E-state index contributed by atoms with van der Waals surface area (Å²) < 4.78 is 0.